The van der Waals surface area contributed by atoms with Gasteiger partial charge in [0.15, 0.2) is 0 Å². The third-order valence-corrected chi connectivity index (χ3v) is 2.55. The van der Waals surface area contributed by atoms with Crippen molar-refractivity contribution < 1.29 is 0 Å². The number of aromatic nitrogens is 1. The Morgan fingerprint density at radius 3 is 2.71 bits per heavy atom. The van der Waals surface area contributed by atoms with Gasteiger partial charge in [0.05, 0.1) is 0 Å². The number of hydrogen-bond donors (Lipinski definition) is 2. The summed E-state index contributed by atoms with van der Waals surface area (Å²) in [7, 11) is 0. The molecule has 0 aliphatic heterocycles. The predicted octanol–water partition coefficient (Wildman–Crippen LogP) is 2.37. The van der Waals surface area contributed by atoms with Crippen LogP contribution < -0.4 is 11.1 Å². The van der Waals surface area contributed by atoms with Crippen LogP contribution in [0, 0.1) is 11.8 Å². The van der Waals surface area contributed by atoms with Crippen LogP contribution in [0.5, 0.6) is 0 Å². The van der Waals surface area contributed by atoms with E-state index >= 15 is 0 Å². The molecule has 0 radical (unpaired) electrons. The average Bonchev–Trinajstić information content (AvgIpc) is 2.14. The molecule has 0 saturated carbocycles. The number of nitrogens with zero attached hydrogens (tertiary/aromatic N) is 1. The largest absolute Gasteiger partial charge is 0.385 e. The second kappa shape index (κ2) is 4.84. The quantitative estimate of drug-likeness (QED) is 0.771. The Morgan fingerprint density at radius 2 is 2.14 bits per heavy atom. The number of rotatable bonds is 4. The van der Waals surface area contributed by atoms with Gasteiger partial charge in [0.2, 0.25) is 0 Å². The Kier molecular flexibility index (Phi) is 3.74. The van der Waals surface area contributed by atoms with E-state index in [4.69, 9.17) is 5.73 Å². The van der Waals surface area contributed by atoms with Crippen molar-refractivity contribution in [3.8, 4) is 0 Å². The molecule has 0 aliphatic rings. The molecule has 0 aliphatic carbocycles. The van der Waals surface area contributed by atoms with Gasteiger partial charge in [-0.1, -0.05) is 20.8 Å². The summed E-state index contributed by atoms with van der Waals surface area (Å²) in [4.78, 5) is 3.94. The second-order valence-electron chi connectivity index (χ2n) is 4.07. The molecule has 1 heterocycles. The molecule has 1 unspecified atom stereocenters. The zero-order chi connectivity index (χ0) is 10.6. The van der Waals surface area contributed by atoms with Crippen molar-refractivity contribution in [2.45, 2.75) is 20.8 Å². The molecule has 0 bridgehead atoms. The van der Waals surface area contributed by atoms with E-state index in [0.29, 0.717) is 17.7 Å². The molecule has 0 spiro atoms. The fourth-order valence-electron chi connectivity index (χ4n) is 1.07. The SMILES string of the molecule is CC(C)C(C)CNc1ccnc(N)c1. The van der Waals surface area contributed by atoms with Crippen LogP contribution in [0.25, 0.3) is 0 Å². The predicted molar refractivity (Wildman–Crippen MR) is 61.1 cm³/mol. The van der Waals surface area contributed by atoms with Crippen LogP contribution in [-0.2, 0) is 0 Å². The summed E-state index contributed by atoms with van der Waals surface area (Å²) in [6.45, 7) is 7.67. The first-order chi connectivity index (χ1) is 6.59. The molecule has 78 valence electrons. The molecule has 0 aromatic carbocycles. The van der Waals surface area contributed by atoms with Crippen LogP contribution in [0.1, 0.15) is 20.8 Å². The maximum atomic E-state index is 5.57. The number of anilines is 2. The zero-order valence-corrected chi connectivity index (χ0v) is 9.12. The fourth-order valence-corrected chi connectivity index (χ4v) is 1.07. The number of nitrogen functional groups attached to an aromatic ring is 1. The molecule has 0 saturated heterocycles. The van der Waals surface area contributed by atoms with Gasteiger partial charge in [0.1, 0.15) is 5.82 Å². The molecule has 3 heteroatoms. The zero-order valence-electron chi connectivity index (χ0n) is 9.12. The van der Waals surface area contributed by atoms with Crippen molar-refractivity contribution >= 4 is 11.5 Å². The van der Waals surface area contributed by atoms with Crippen LogP contribution in [0.3, 0.4) is 0 Å². The number of nitrogens with one attached hydrogen (secondary N) is 1. The molecule has 14 heavy (non-hydrogen) atoms. The van der Waals surface area contributed by atoms with Crippen molar-refractivity contribution in [3.05, 3.63) is 18.3 Å². The minimum Gasteiger partial charge on any atom is -0.385 e. The van der Waals surface area contributed by atoms with Gasteiger partial charge in [-0.15, -0.1) is 0 Å². The highest BCUT2D eigenvalue weighted by Crippen LogP contribution is 2.13. The van der Waals surface area contributed by atoms with E-state index in [2.05, 4.69) is 31.1 Å². The average molecular weight is 193 g/mol. The Hall–Kier alpha value is -1.25. The van der Waals surface area contributed by atoms with Crippen molar-refractivity contribution in [2.24, 2.45) is 11.8 Å². The van der Waals surface area contributed by atoms with Crippen molar-refractivity contribution in [1.82, 2.24) is 4.98 Å². The third kappa shape index (κ3) is 3.24. The summed E-state index contributed by atoms with van der Waals surface area (Å²) in [5, 5.41) is 3.35. The number of nitrogens with two attached hydrogens (primary N) is 1. The molecule has 3 N–H and O–H groups in total. The first kappa shape index (κ1) is 10.8. The first-order valence-electron chi connectivity index (χ1n) is 5.05. The molecule has 3 nitrogen and oxygen atoms in total. The molecular weight excluding hydrogens is 174 g/mol. The smallest absolute Gasteiger partial charge is 0.125 e. The van der Waals surface area contributed by atoms with E-state index in [0.717, 1.165) is 12.2 Å². The highest BCUT2D eigenvalue weighted by atomic mass is 14.9. The first-order valence-corrected chi connectivity index (χ1v) is 5.05. The molecule has 1 rings (SSSR count). The molecular formula is C11H19N3. The normalized spacial score (nSPS) is 12.9. The maximum absolute atomic E-state index is 5.57. The Balaban J connectivity index is 2.45. The van der Waals surface area contributed by atoms with E-state index in [9.17, 15) is 0 Å². The Morgan fingerprint density at radius 1 is 1.43 bits per heavy atom. The molecule has 1 aromatic heterocycles. The lowest BCUT2D eigenvalue weighted by Gasteiger charge is -2.16. The summed E-state index contributed by atoms with van der Waals surface area (Å²) in [5.74, 6) is 1.92. The third-order valence-electron chi connectivity index (χ3n) is 2.55. The van der Waals surface area contributed by atoms with Crippen LogP contribution in [0.4, 0.5) is 11.5 Å². The molecule has 1 atom stereocenters. The van der Waals surface area contributed by atoms with Gasteiger partial charge in [0, 0.05) is 24.5 Å². The topological polar surface area (TPSA) is 50.9 Å². The number of hydrogen-bond acceptors (Lipinski definition) is 3. The van der Waals surface area contributed by atoms with Gasteiger partial charge in [0.25, 0.3) is 0 Å². The number of pyridine rings is 1. The van der Waals surface area contributed by atoms with E-state index in [-0.39, 0.29) is 0 Å². The minimum absolute atomic E-state index is 0.562. The lowest BCUT2D eigenvalue weighted by atomic mass is 9.98. The second-order valence-corrected chi connectivity index (χ2v) is 4.07. The van der Waals surface area contributed by atoms with E-state index in [1.807, 2.05) is 12.1 Å². The summed E-state index contributed by atoms with van der Waals surface area (Å²) >= 11 is 0. The highest BCUT2D eigenvalue weighted by Gasteiger charge is 2.06. The lowest BCUT2D eigenvalue weighted by molar-refractivity contribution is 0.440. The van der Waals surface area contributed by atoms with Gasteiger partial charge >= 0.3 is 0 Å². The maximum Gasteiger partial charge on any atom is 0.125 e. The van der Waals surface area contributed by atoms with Crippen LogP contribution in [-0.4, -0.2) is 11.5 Å². The van der Waals surface area contributed by atoms with E-state index in [1.54, 1.807) is 6.20 Å². The highest BCUT2D eigenvalue weighted by molar-refractivity contribution is 5.49. The molecule has 0 amide bonds. The van der Waals surface area contributed by atoms with Gasteiger partial charge in [-0.25, -0.2) is 4.98 Å². The Bertz CT molecular complexity index is 284. The lowest BCUT2D eigenvalue weighted by Crippen LogP contribution is -2.16. The van der Waals surface area contributed by atoms with Gasteiger partial charge in [-0.2, -0.15) is 0 Å². The monoisotopic (exact) mass is 193 g/mol. The van der Waals surface area contributed by atoms with Gasteiger partial charge < -0.3 is 11.1 Å². The summed E-state index contributed by atoms with van der Waals surface area (Å²) < 4.78 is 0. The van der Waals surface area contributed by atoms with Crippen molar-refractivity contribution in [1.29, 1.82) is 0 Å². The summed E-state index contributed by atoms with van der Waals surface area (Å²) in [6, 6.07) is 3.79. The van der Waals surface area contributed by atoms with Gasteiger partial charge in [-0.3, -0.25) is 0 Å². The summed E-state index contributed by atoms with van der Waals surface area (Å²) in [5.41, 5.74) is 6.62. The van der Waals surface area contributed by atoms with E-state index < -0.39 is 0 Å². The minimum atomic E-state index is 0.562. The Labute approximate surface area is 85.7 Å². The van der Waals surface area contributed by atoms with Gasteiger partial charge in [-0.05, 0) is 17.9 Å². The molecule has 0 fully saturated rings. The van der Waals surface area contributed by atoms with E-state index in [1.165, 1.54) is 0 Å². The van der Waals surface area contributed by atoms with Crippen LogP contribution >= 0.6 is 0 Å². The standard InChI is InChI=1S/C11H19N3/c1-8(2)9(3)7-14-10-4-5-13-11(12)6-10/h4-6,8-9H,7H2,1-3H3,(H3,12,13,14). The van der Waals surface area contributed by atoms with Crippen molar-refractivity contribution in [3.63, 3.8) is 0 Å². The summed E-state index contributed by atoms with van der Waals surface area (Å²) in [6.07, 6.45) is 1.72. The van der Waals surface area contributed by atoms with Crippen molar-refractivity contribution in [2.75, 3.05) is 17.6 Å². The van der Waals surface area contributed by atoms with Crippen LogP contribution in [0.2, 0.25) is 0 Å². The van der Waals surface area contributed by atoms with Crippen LogP contribution in [0.15, 0.2) is 18.3 Å². The molecule has 1 aromatic rings. The fraction of sp³-hybridized carbons (Fsp3) is 0.545.